The Hall–Kier alpha value is -2.31. The Morgan fingerprint density at radius 3 is 2.58 bits per heavy atom. The molecule has 0 unspecified atom stereocenters. The molecule has 0 bridgehead atoms. The molecule has 33 heavy (non-hydrogen) atoms. The van der Waals surface area contributed by atoms with Gasteiger partial charge in [-0.1, -0.05) is 46.0 Å². The number of nitrogens with zero attached hydrogens (tertiary/aromatic N) is 2. The molecular formula is C26H38FN3O3. The molecule has 2 heterocycles. The Labute approximate surface area is 196 Å². The fourth-order valence-electron chi connectivity index (χ4n) is 5.54. The Morgan fingerprint density at radius 2 is 1.91 bits per heavy atom. The van der Waals surface area contributed by atoms with Gasteiger partial charge >= 0.3 is 6.09 Å². The van der Waals surface area contributed by atoms with E-state index >= 15 is 0 Å². The normalized spacial score (nSPS) is 21.7. The number of halogens is 1. The van der Waals surface area contributed by atoms with Gasteiger partial charge in [-0.25, -0.2) is 9.18 Å². The molecule has 1 aliphatic carbocycles. The van der Waals surface area contributed by atoms with Crippen LogP contribution in [0.5, 0.6) is 0 Å². The highest BCUT2D eigenvalue weighted by atomic mass is 19.1. The van der Waals surface area contributed by atoms with Gasteiger partial charge < -0.3 is 19.9 Å². The highest BCUT2D eigenvalue weighted by Crippen LogP contribution is 2.40. The number of carbonyl (C=O) groups excluding carboxylic acids is 2. The lowest BCUT2D eigenvalue weighted by Gasteiger charge is -2.35. The lowest BCUT2D eigenvalue weighted by atomic mass is 9.85. The third-order valence-electron chi connectivity index (χ3n) is 7.44. The highest BCUT2D eigenvalue weighted by molar-refractivity contribution is 5.84. The van der Waals surface area contributed by atoms with Crippen molar-refractivity contribution in [2.45, 2.75) is 83.3 Å². The van der Waals surface area contributed by atoms with Gasteiger partial charge in [0.05, 0.1) is 0 Å². The van der Waals surface area contributed by atoms with Crippen LogP contribution in [0.15, 0.2) is 18.2 Å². The van der Waals surface area contributed by atoms with Crippen molar-refractivity contribution in [2.24, 2.45) is 5.92 Å². The van der Waals surface area contributed by atoms with Crippen LogP contribution in [0.1, 0.15) is 71.3 Å². The third kappa shape index (κ3) is 5.61. The van der Waals surface area contributed by atoms with Crippen LogP contribution in [0.3, 0.4) is 0 Å². The summed E-state index contributed by atoms with van der Waals surface area (Å²) in [6.45, 7) is 9.00. The minimum atomic E-state index is -0.699. The summed E-state index contributed by atoms with van der Waals surface area (Å²) < 4.78 is 19.5. The van der Waals surface area contributed by atoms with Gasteiger partial charge in [0.2, 0.25) is 0 Å². The number of ether oxygens (including phenoxy) is 1. The van der Waals surface area contributed by atoms with Crippen LogP contribution in [-0.4, -0.2) is 55.2 Å². The summed E-state index contributed by atoms with van der Waals surface area (Å²) in [6.07, 6.45) is 6.25. The summed E-state index contributed by atoms with van der Waals surface area (Å²) in [7, 11) is 0. The van der Waals surface area contributed by atoms with Crippen molar-refractivity contribution < 1.29 is 18.7 Å². The summed E-state index contributed by atoms with van der Waals surface area (Å²) in [5.74, 6) is 0.170. The molecule has 7 heteroatoms. The molecule has 3 aliphatic rings. The lowest BCUT2D eigenvalue weighted by Crippen LogP contribution is -2.50. The zero-order valence-electron chi connectivity index (χ0n) is 20.2. The summed E-state index contributed by atoms with van der Waals surface area (Å²) >= 11 is 0. The first kappa shape index (κ1) is 23.8. The zero-order valence-corrected chi connectivity index (χ0v) is 20.2. The Morgan fingerprint density at radius 1 is 1.18 bits per heavy atom. The summed E-state index contributed by atoms with van der Waals surface area (Å²) in [4.78, 5) is 29.7. The second-order valence-electron chi connectivity index (χ2n) is 10.8. The largest absolute Gasteiger partial charge is 0.436 e. The third-order valence-corrected chi connectivity index (χ3v) is 7.44. The molecule has 2 aliphatic heterocycles. The van der Waals surface area contributed by atoms with Crippen LogP contribution < -0.4 is 10.2 Å². The van der Waals surface area contributed by atoms with Gasteiger partial charge in [0.1, 0.15) is 5.82 Å². The minimum Gasteiger partial charge on any atom is -0.436 e. The molecule has 1 aromatic carbocycles. The molecule has 6 nitrogen and oxygen atoms in total. The van der Waals surface area contributed by atoms with Gasteiger partial charge in [0.15, 0.2) is 6.10 Å². The average molecular weight is 460 g/mol. The molecule has 182 valence electrons. The second-order valence-corrected chi connectivity index (χ2v) is 10.8. The molecule has 1 N–H and O–H groups in total. The van der Waals surface area contributed by atoms with Gasteiger partial charge in [0, 0.05) is 43.3 Å². The average Bonchev–Trinajstić information content (AvgIpc) is 2.96. The molecule has 4 rings (SSSR count). The number of carbonyl (C=O) groups is 2. The predicted octanol–water partition coefficient (Wildman–Crippen LogP) is 4.61. The number of alkyl carbamates (subject to hydrolysis) is 1. The van der Waals surface area contributed by atoms with Gasteiger partial charge in [-0.2, -0.15) is 0 Å². The molecule has 2 atom stereocenters. The van der Waals surface area contributed by atoms with E-state index in [9.17, 15) is 14.0 Å². The van der Waals surface area contributed by atoms with E-state index in [1.165, 1.54) is 25.3 Å². The standard InChI is InChI=1S/C26H38FN3O3/c1-18(16-30-17-26(2,3)21-15-20(27)10-11-22(21)30)28-25(32)33-23(24(31)29-12-7-13-29)14-19-8-5-4-6-9-19/h10-11,15,18-19,23H,4-9,12-14,16-17H2,1-3H3,(H,28,32)/t18-,23-/m0/s1. The van der Waals surface area contributed by atoms with Gasteiger partial charge in [0.25, 0.3) is 5.91 Å². The summed E-state index contributed by atoms with van der Waals surface area (Å²) in [5, 5.41) is 2.93. The van der Waals surface area contributed by atoms with E-state index in [-0.39, 0.29) is 23.2 Å². The SMILES string of the molecule is C[C@@H](CN1CC(C)(C)c2cc(F)ccc21)NC(=O)O[C@@H](CC1CCCCC1)C(=O)N1CCC1. The zero-order chi connectivity index (χ0) is 23.6. The van der Waals surface area contributed by atoms with E-state index < -0.39 is 12.2 Å². The maximum Gasteiger partial charge on any atom is 0.408 e. The van der Waals surface area contributed by atoms with E-state index in [0.717, 1.165) is 50.1 Å². The van der Waals surface area contributed by atoms with E-state index in [0.29, 0.717) is 18.9 Å². The van der Waals surface area contributed by atoms with Gasteiger partial charge in [-0.05, 0) is 49.4 Å². The predicted molar refractivity (Wildman–Crippen MR) is 127 cm³/mol. The van der Waals surface area contributed by atoms with E-state index in [1.54, 1.807) is 11.0 Å². The van der Waals surface area contributed by atoms with Gasteiger partial charge in [-0.15, -0.1) is 0 Å². The number of likely N-dealkylation sites (tertiary alicyclic amines) is 1. The molecule has 1 saturated heterocycles. The van der Waals surface area contributed by atoms with Crippen molar-refractivity contribution in [2.75, 3.05) is 31.1 Å². The number of rotatable bonds is 7. The molecule has 0 aromatic heterocycles. The molecular weight excluding hydrogens is 421 g/mol. The van der Waals surface area contributed by atoms with Crippen molar-refractivity contribution in [3.63, 3.8) is 0 Å². The minimum absolute atomic E-state index is 0.0492. The van der Waals surface area contributed by atoms with Crippen LogP contribution in [0.25, 0.3) is 0 Å². The fourth-order valence-corrected chi connectivity index (χ4v) is 5.54. The molecule has 0 radical (unpaired) electrons. The Bertz CT molecular complexity index is 864. The fraction of sp³-hybridized carbons (Fsp3) is 0.692. The van der Waals surface area contributed by atoms with Crippen molar-refractivity contribution in [3.8, 4) is 0 Å². The number of hydrogen-bond donors (Lipinski definition) is 1. The number of amides is 2. The highest BCUT2D eigenvalue weighted by Gasteiger charge is 2.37. The smallest absolute Gasteiger partial charge is 0.408 e. The number of fused-ring (bicyclic) bond motifs is 1. The first-order valence-corrected chi connectivity index (χ1v) is 12.5. The Balaban J connectivity index is 1.34. The maximum atomic E-state index is 13.8. The lowest BCUT2D eigenvalue weighted by molar-refractivity contribution is -0.145. The van der Waals surface area contributed by atoms with Crippen molar-refractivity contribution >= 4 is 17.7 Å². The molecule has 1 aromatic rings. The quantitative estimate of drug-likeness (QED) is 0.647. The maximum absolute atomic E-state index is 13.8. The summed E-state index contributed by atoms with van der Waals surface area (Å²) in [5.41, 5.74) is 1.84. The van der Waals surface area contributed by atoms with Gasteiger partial charge in [-0.3, -0.25) is 4.79 Å². The van der Waals surface area contributed by atoms with Crippen molar-refractivity contribution in [1.29, 1.82) is 0 Å². The monoisotopic (exact) mass is 459 g/mol. The van der Waals surface area contributed by atoms with E-state index in [1.807, 2.05) is 13.0 Å². The molecule has 1 saturated carbocycles. The van der Waals surface area contributed by atoms with Crippen LogP contribution in [0.2, 0.25) is 0 Å². The molecule has 0 spiro atoms. The topological polar surface area (TPSA) is 61.9 Å². The number of anilines is 1. The van der Waals surface area contributed by atoms with Crippen LogP contribution in [0.4, 0.5) is 14.9 Å². The molecule has 2 amide bonds. The second kappa shape index (κ2) is 9.90. The van der Waals surface area contributed by atoms with E-state index in [2.05, 4.69) is 24.1 Å². The van der Waals surface area contributed by atoms with Crippen LogP contribution >= 0.6 is 0 Å². The van der Waals surface area contributed by atoms with Crippen LogP contribution in [-0.2, 0) is 14.9 Å². The van der Waals surface area contributed by atoms with E-state index in [4.69, 9.17) is 4.74 Å². The first-order valence-electron chi connectivity index (χ1n) is 12.5. The van der Waals surface area contributed by atoms with Crippen LogP contribution in [0, 0.1) is 11.7 Å². The molecule has 2 fully saturated rings. The van der Waals surface area contributed by atoms with Crippen molar-refractivity contribution in [1.82, 2.24) is 10.2 Å². The number of hydrogen-bond acceptors (Lipinski definition) is 4. The summed E-state index contributed by atoms with van der Waals surface area (Å²) in [6, 6.07) is 4.73. The number of benzene rings is 1. The van der Waals surface area contributed by atoms with Crippen molar-refractivity contribution in [3.05, 3.63) is 29.6 Å². The number of nitrogens with one attached hydrogen (secondary N) is 1. The first-order chi connectivity index (χ1) is 15.7. The Kier molecular flexibility index (Phi) is 7.15.